The van der Waals surface area contributed by atoms with E-state index in [4.69, 9.17) is 35.5 Å². The first-order valence-corrected chi connectivity index (χ1v) is 12.9. The topological polar surface area (TPSA) is 83.4 Å². The molecule has 2 aromatic rings. The van der Waals surface area contributed by atoms with Crippen molar-refractivity contribution >= 4 is 29.1 Å². The first-order valence-electron chi connectivity index (χ1n) is 12.5. The molecular weight excluding hydrogens is 494 g/mol. The number of fused-ring (bicyclic) bond motifs is 1. The second kappa shape index (κ2) is 10.2. The van der Waals surface area contributed by atoms with E-state index in [0.29, 0.717) is 51.9 Å². The Hall–Kier alpha value is -3.32. The molecule has 0 aromatic heterocycles. The summed E-state index contributed by atoms with van der Waals surface area (Å²) in [6.07, 6.45) is 0.892. The Morgan fingerprint density at radius 1 is 1.14 bits per heavy atom. The molecule has 194 valence electrons. The molecule has 0 amide bonds. The highest BCUT2D eigenvalue weighted by Crippen LogP contribution is 2.50. The van der Waals surface area contributed by atoms with Gasteiger partial charge < -0.3 is 18.9 Å². The Morgan fingerprint density at radius 2 is 1.84 bits per heavy atom. The van der Waals surface area contributed by atoms with Crippen LogP contribution in [0, 0.1) is 11.8 Å². The molecule has 3 atom stereocenters. The zero-order valence-corrected chi connectivity index (χ0v) is 22.1. The summed E-state index contributed by atoms with van der Waals surface area (Å²) < 4.78 is 22.0. The van der Waals surface area contributed by atoms with Gasteiger partial charge in [0.1, 0.15) is 11.7 Å². The van der Waals surface area contributed by atoms with Crippen LogP contribution in [0.15, 0.2) is 52.7 Å². The highest BCUT2D eigenvalue weighted by Gasteiger charge is 2.46. The number of Topliss-reactive ketones (excluding diaryl/α,β-unsaturated/α-hetero) is 1. The first-order chi connectivity index (χ1) is 17.8. The van der Waals surface area contributed by atoms with E-state index in [-0.39, 0.29) is 31.0 Å². The van der Waals surface area contributed by atoms with Gasteiger partial charge in [0, 0.05) is 40.4 Å². The number of esters is 1. The quantitative estimate of drug-likeness (QED) is 0.441. The maximum Gasteiger partial charge on any atom is 0.315 e. The van der Waals surface area contributed by atoms with Crippen LogP contribution < -0.4 is 14.2 Å². The fraction of sp³-hybridized carbons (Fsp3) is 0.414. The molecule has 2 aliphatic heterocycles. The average molecular weight is 524 g/mol. The van der Waals surface area contributed by atoms with Gasteiger partial charge in [-0.25, -0.2) is 0 Å². The van der Waals surface area contributed by atoms with Crippen molar-refractivity contribution in [2.24, 2.45) is 16.8 Å². The number of hydrogen-bond donors (Lipinski definition) is 0. The minimum absolute atomic E-state index is 0.0222. The molecule has 5 rings (SSSR count). The van der Waals surface area contributed by atoms with Gasteiger partial charge in [-0.15, -0.1) is 0 Å². The van der Waals surface area contributed by atoms with Crippen LogP contribution in [0.3, 0.4) is 0 Å². The van der Waals surface area contributed by atoms with Gasteiger partial charge in [-0.05, 0) is 54.5 Å². The van der Waals surface area contributed by atoms with Crippen LogP contribution in [-0.4, -0.2) is 38.0 Å². The standard InChI is InChI=1S/C29H30ClNO6/c1-15(2)13-35-29(33)26-16(3)31-22-9-18(17-5-7-19(34-4)8-6-17)10-23(32)28(22)27(26)20-11-24-25(12-21(20)30)37-14-36-24/h5-8,11-12,15,18,26-27H,9-10,13-14H2,1-4H3/t18-,26?,27-/m0/s1. The fourth-order valence-electron chi connectivity index (χ4n) is 5.32. The lowest BCUT2D eigenvalue weighted by molar-refractivity contribution is -0.147. The van der Waals surface area contributed by atoms with E-state index in [0.717, 1.165) is 11.3 Å². The molecule has 0 saturated carbocycles. The SMILES string of the molecule is COc1ccc([C@@H]2CC(=O)C3=C(C2)N=C(C)C(C(=O)OCC(C)C)[C@@H]3c2cc3c(cc2Cl)OCO3)cc1. The number of nitrogens with zero attached hydrogens (tertiary/aromatic N) is 1. The summed E-state index contributed by atoms with van der Waals surface area (Å²) in [4.78, 5) is 32.0. The summed E-state index contributed by atoms with van der Waals surface area (Å²) in [6, 6.07) is 11.2. The first kappa shape index (κ1) is 25.3. The van der Waals surface area contributed by atoms with Gasteiger partial charge in [0.2, 0.25) is 6.79 Å². The van der Waals surface area contributed by atoms with Crippen molar-refractivity contribution in [3.05, 3.63) is 63.8 Å². The number of aliphatic imine (C=N–C) groups is 1. The van der Waals surface area contributed by atoms with Crippen molar-refractivity contribution in [1.29, 1.82) is 0 Å². The van der Waals surface area contributed by atoms with Crippen LogP contribution in [0.4, 0.5) is 0 Å². The monoisotopic (exact) mass is 523 g/mol. The van der Waals surface area contributed by atoms with Gasteiger partial charge in [-0.1, -0.05) is 37.6 Å². The molecule has 1 unspecified atom stereocenters. The maximum atomic E-state index is 13.8. The van der Waals surface area contributed by atoms with Crippen LogP contribution >= 0.6 is 11.6 Å². The molecule has 0 saturated heterocycles. The molecule has 37 heavy (non-hydrogen) atoms. The summed E-state index contributed by atoms with van der Waals surface area (Å²) in [6.45, 7) is 6.15. The van der Waals surface area contributed by atoms with Gasteiger partial charge in [-0.2, -0.15) is 0 Å². The van der Waals surface area contributed by atoms with Crippen molar-refractivity contribution in [1.82, 2.24) is 0 Å². The third-order valence-corrected chi connectivity index (χ3v) is 7.44. The van der Waals surface area contributed by atoms with Crippen molar-refractivity contribution in [3.8, 4) is 17.2 Å². The number of ketones is 1. The highest BCUT2D eigenvalue weighted by molar-refractivity contribution is 6.32. The van der Waals surface area contributed by atoms with E-state index in [9.17, 15) is 9.59 Å². The molecule has 1 aliphatic carbocycles. The zero-order chi connectivity index (χ0) is 26.3. The van der Waals surface area contributed by atoms with E-state index in [2.05, 4.69) is 0 Å². The zero-order valence-electron chi connectivity index (χ0n) is 21.4. The molecule has 2 heterocycles. The van der Waals surface area contributed by atoms with Crippen molar-refractivity contribution in [3.63, 3.8) is 0 Å². The van der Waals surface area contributed by atoms with Gasteiger partial charge >= 0.3 is 5.97 Å². The minimum Gasteiger partial charge on any atom is -0.497 e. The molecule has 0 spiro atoms. The number of carbonyl (C=O) groups excluding carboxylic acids is 2. The lowest BCUT2D eigenvalue weighted by Crippen LogP contribution is -2.38. The van der Waals surface area contributed by atoms with Gasteiger partial charge in [-0.3, -0.25) is 14.6 Å². The predicted molar refractivity (Wildman–Crippen MR) is 140 cm³/mol. The van der Waals surface area contributed by atoms with Gasteiger partial charge in [0.05, 0.1) is 13.7 Å². The summed E-state index contributed by atoms with van der Waals surface area (Å²) in [5.41, 5.74) is 3.51. The van der Waals surface area contributed by atoms with Crippen LogP contribution in [0.5, 0.6) is 17.2 Å². The Balaban J connectivity index is 1.58. The Morgan fingerprint density at radius 3 is 2.51 bits per heavy atom. The number of allylic oxidation sites excluding steroid dienone is 2. The van der Waals surface area contributed by atoms with Crippen LogP contribution in [0.1, 0.15) is 56.6 Å². The number of carbonyl (C=O) groups is 2. The van der Waals surface area contributed by atoms with Crippen LogP contribution in [-0.2, 0) is 14.3 Å². The summed E-state index contributed by atoms with van der Waals surface area (Å²) >= 11 is 6.75. The molecular formula is C29H30ClNO6. The van der Waals surface area contributed by atoms with E-state index >= 15 is 0 Å². The molecule has 0 radical (unpaired) electrons. The van der Waals surface area contributed by atoms with Crippen molar-refractivity contribution in [2.75, 3.05) is 20.5 Å². The molecule has 2 aromatic carbocycles. The number of halogens is 1. The predicted octanol–water partition coefficient (Wildman–Crippen LogP) is 5.85. The number of rotatable bonds is 6. The number of methoxy groups -OCH3 is 1. The van der Waals surface area contributed by atoms with E-state index in [1.165, 1.54) is 0 Å². The molecule has 8 heteroatoms. The van der Waals surface area contributed by atoms with Crippen molar-refractivity contribution < 1.29 is 28.5 Å². The average Bonchev–Trinajstić information content (AvgIpc) is 3.33. The van der Waals surface area contributed by atoms with Crippen molar-refractivity contribution in [2.45, 2.75) is 45.4 Å². The van der Waals surface area contributed by atoms with Gasteiger partial charge in [0.15, 0.2) is 17.3 Å². The lowest BCUT2D eigenvalue weighted by Gasteiger charge is -2.37. The molecule has 0 bridgehead atoms. The normalized spacial score (nSPS) is 22.6. The lowest BCUT2D eigenvalue weighted by atomic mass is 9.69. The minimum atomic E-state index is -0.767. The number of hydrogen-bond acceptors (Lipinski definition) is 7. The highest BCUT2D eigenvalue weighted by atomic mass is 35.5. The third kappa shape index (κ3) is 4.85. The summed E-state index contributed by atoms with van der Waals surface area (Å²) in [5, 5.41) is 0.405. The molecule has 3 aliphatic rings. The largest absolute Gasteiger partial charge is 0.497 e. The van der Waals surface area contributed by atoms with E-state index in [1.807, 2.05) is 45.0 Å². The molecule has 0 N–H and O–H groups in total. The Bertz CT molecular complexity index is 1300. The fourth-order valence-corrected chi connectivity index (χ4v) is 5.59. The summed E-state index contributed by atoms with van der Waals surface area (Å²) in [7, 11) is 1.62. The Kier molecular flexibility index (Phi) is 6.99. The number of benzene rings is 2. The van der Waals surface area contributed by atoms with Crippen LogP contribution in [0.25, 0.3) is 0 Å². The summed E-state index contributed by atoms with van der Waals surface area (Å²) in [5.74, 6) is 0.143. The molecule has 7 nitrogen and oxygen atoms in total. The van der Waals surface area contributed by atoms with Gasteiger partial charge in [0.25, 0.3) is 0 Å². The van der Waals surface area contributed by atoms with E-state index < -0.39 is 17.8 Å². The Labute approximate surface area is 221 Å². The number of ether oxygens (including phenoxy) is 4. The van der Waals surface area contributed by atoms with Crippen LogP contribution in [0.2, 0.25) is 5.02 Å². The third-order valence-electron chi connectivity index (χ3n) is 7.12. The maximum absolute atomic E-state index is 13.8. The smallest absolute Gasteiger partial charge is 0.315 e. The molecule has 0 fully saturated rings. The van der Waals surface area contributed by atoms with E-state index in [1.54, 1.807) is 19.2 Å². The second-order valence-electron chi connectivity index (χ2n) is 10.1. The second-order valence-corrected chi connectivity index (χ2v) is 10.5.